The maximum absolute atomic E-state index is 12.4. The zero-order chi connectivity index (χ0) is 14.0. The van der Waals surface area contributed by atoms with Crippen molar-refractivity contribution in [3.05, 3.63) is 46.6 Å². The van der Waals surface area contributed by atoms with Gasteiger partial charge in [-0.25, -0.2) is 0 Å². The average molecular weight is 278 g/mol. The van der Waals surface area contributed by atoms with Crippen molar-refractivity contribution in [3.8, 4) is 0 Å². The lowest BCUT2D eigenvalue weighted by Crippen LogP contribution is -2.07. The summed E-state index contributed by atoms with van der Waals surface area (Å²) in [4.78, 5) is 4.14. The monoisotopic (exact) mass is 278 g/mol. The van der Waals surface area contributed by atoms with Gasteiger partial charge in [0.15, 0.2) is 5.82 Å². The molecular weight excluding hydrogens is 260 g/mol. The molecule has 0 bridgehead atoms. The third-order valence-electron chi connectivity index (χ3n) is 3.09. The van der Waals surface area contributed by atoms with Crippen molar-refractivity contribution in [1.82, 2.24) is 10.1 Å². The highest BCUT2D eigenvalue weighted by atomic mass is 32.2. The maximum Gasteiger partial charge on any atom is 0.242 e. The minimum atomic E-state index is -1.07. The second-order valence-electron chi connectivity index (χ2n) is 4.78. The second kappa shape index (κ2) is 5.65. The van der Waals surface area contributed by atoms with Gasteiger partial charge in [0.05, 0.1) is 0 Å². The molecule has 0 aliphatic heterocycles. The van der Waals surface area contributed by atoms with Crippen LogP contribution in [0.5, 0.6) is 0 Å². The molecule has 102 valence electrons. The van der Waals surface area contributed by atoms with Gasteiger partial charge >= 0.3 is 0 Å². The van der Waals surface area contributed by atoms with Gasteiger partial charge in [-0.15, -0.1) is 0 Å². The third kappa shape index (κ3) is 3.29. The van der Waals surface area contributed by atoms with Crippen molar-refractivity contribution in [1.29, 1.82) is 0 Å². The fraction of sp³-hybridized carbons (Fsp3) is 0.429. The maximum atomic E-state index is 12.4. The third-order valence-corrected chi connectivity index (χ3v) is 4.67. The second-order valence-corrected chi connectivity index (χ2v) is 6.53. The van der Waals surface area contributed by atoms with Crippen LogP contribution in [0.1, 0.15) is 40.6 Å². The van der Waals surface area contributed by atoms with Gasteiger partial charge in [0, 0.05) is 16.6 Å². The topological polar surface area (TPSA) is 56.0 Å². The van der Waals surface area contributed by atoms with Gasteiger partial charge in [-0.2, -0.15) is 4.98 Å². The molecule has 0 radical (unpaired) electrons. The van der Waals surface area contributed by atoms with Crippen molar-refractivity contribution >= 4 is 10.8 Å². The van der Waals surface area contributed by atoms with E-state index in [1.54, 1.807) is 6.92 Å². The summed E-state index contributed by atoms with van der Waals surface area (Å²) in [6.45, 7) is 7.69. The Morgan fingerprint density at radius 3 is 2.68 bits per heavy atom. The van der Waals surface area contributed by atoms with Crippen molar-refractivity contribution in [3.63, 3.8) is 0 Å². The number of benzene rings is 1. The Morgan fingerprint density at radius 2 is 2.05 bits per heavy atom. The van der Waals surface area contributed by atoms with Crippen LogP contribution in [-0.4, -0.2) is 14.3 Å². The minimum Gasteiger partial charge on any atom is -0.338 e. The first kappa shape index (κ1) is 13.9. The molecule has 1 heterocycles. The summed E-state index contributed by atoms with van der Waals surface area (Å²) < 4.78 is 17.5. The summed E-state index contributed by atoms with van der Waals surface area (Å²) in [7, 11) is -1.07. The highest BCUT2D eigenvalue weighted by molar-refractivity contribution is 7.84. The summed E-state index contributed by atoms with van der Waals surface area (Å²) in [5, 5.41) is 3.49. The van der Waals surface area contributed by atoms with Gasteiger partial charge in [0.1, 0.15) is 5.25 Å². The number of rotatable bonds is 4. The Hall–Kier alpha value is -1.49. The predicted octanol–water partition coefficient (Wildman–Crippen LogP) is 3.00. The van der Waals surface area contributed by atoms with Crippen LogP contribution in [0.2, 0.25) is 0 Å². The van der Waals surface area contributed by atoms with Crippen LogP contribution in [0.3, 0.4) is 0 Å². The lowest BCUT2D eigenvalue weighted by atomic mass is 10.1. The largest absolute Gasteiger partial charge is 0.338 e. The minimum absolute atomic E-state index is 0.249. The molecule has 0 fully saturated rings. The van der Waals surface area contributed by atoms with Crippen LogP contribution < -0.4 is 0 Å². The SMILES string of the molecule is Cc1ccc(C)c(C[S@@](=O)[C@@H](C)c2nc(C)no2)c1. The van der Waals surface area contributed by atoms with Gasteiger partial charge in [-0.05, 0) is 38.8 Å². The van der Waals surface area contributed by atoms with E-state index in [4.69, 9.17) is 4.52 Å². The van der Waals surface area contributed by atoms with E-state index in [0.29, 0.717) is 17.5 Å². The zero-order valence-electron chi connectivity index (χ0n) is 11.6. The molecular formula is C14H18N2O2S. The quantitative estimate of drug-likeness (QED) is 0.862. The fourth-order valence-electron chi connectivity index (χ4n) is 1.82. The van der Waals surface area contributed by atoms with Crippen LogP contribution in [0, 0.1) is 20.8 Å². The molecule has 0 spiro atoms. The standard InChI is InChI=1S/C14H18N2O2S/c1-9-5-6-10(2)13(7-9)8-19(17)11(3)14-15-12(4)16-18-14/h5-7,11H,8H2,1-4H3/t11-,19+/m0/s1. The molecule has 0 N–H and O–H groups in total. The van der Waals surface area contributed by atoms with Gasteiger partial charge < -0.3 is 4.52 Å². The summed E-state index contributed by atoms with van der Waals surface area (Å²) >= 11 is 0. The van der Waals surface area contributed by atoms with Gasteiger partial charge in [-0.1, -0.05) is 28.9 Å². The predicted molar refractivity (Wildman–Crippen MR) is 75.2 cm³/mol. The highest BCUT2D eigenvalue weighted by Gasteiger charge is 2.20. The Kier molecular flexibility index (Phi) is 4.14. The van der Waals surface area contributed by atoms with Gasteiger partial charge in [0.25, 0.3) is 0 Å². The van der Waals surface area contributed by atoms with Crippen LogP contribution in [0.25, 0.3) is 0 Å². The summed E-state index contributed by atoms with van der Waals surface area (Å²) in [5.41, 5.74) is 3.45. The summed E-state index contributed by atoms with van der Waals surface area (Å²) in [6.07, 6.45) is 0. The lowest BCUT2D eigenvalue weighted by Gasteiger charge is -2.10. The van der Waals surface area contributed by atoms with E-state index in [2.05, 4.69) is 28.3 Å². The Morgan fingerprint density at radius 1 is 1.32 bits per heavy atom. The first-order valence-electron chi connectivity index (χ1n) is 6.21. The number of aryl methyl sites for hydroxylation is 3. The molecule has 0 saturated heterocycles. The Bertz CT molecular complexity index is 607. The Balaban J connectivity index is 2.14. The molecule has 0 saturated carbocycles. The van der Waals surface area contributed by atoms with Crippen LogP contribution in [0.4, 0.5) is 0 Å². The van der Waals surface area contributed by atoms with Crippen molar-refractivity contribution in [2.24, 2.45) is 0 Å². The van der Waals surface area contributed by atoms with Crippen molar-refractivity contribution in [2.75, 3.05) is 0 Å². The summed E-state index contributed by atoms with van der Waals surface area (Å²) in [6, 6.07) is 6.20. The average Bonchev–Trinajstić information content (AvgIpc) is 2.79. The first-order chi connectivity index (χ1) is 8.97. The highest BCUT2D eigenvalue weighted by Crippen LogP contribution is 2.22. The number of aromatic nitrogens is 2. The molecule has 0 aliphatic rings. The van der Waals surface area contributed by atoms with Crippen LogP contribution in [0.15, 0.2) is 22.7 Å². The molecule has 2 rings (SSSR count). The van der Waals surface area contributed by atoms with E-state index in [-0.39, 0.29) is 5.25 Å². The van der Waals surface area contributed by atoms with E-state index in [9.17, 15) is 4.21 Å². The molecule has 0 aliphatic carbocycles. The normalized spacial score (nSPS) is 14.3. The molecule has 5 heteroatoms. The van der Waals surface area contributed by atoms with Crippen LogP contribution in [-0.2, 0) is 16.6 Å². The lowest BCUT2D eigenvalue weighted by molar-refractivity contribution is 0.375. The molecule has 2 aromatic rings. The van der Waals surface area contributed by atoms with Crippen molar-refractivity contribution < 1.29 is 8.73 Å². The molecule has 0 unspecified atom stereocenters. The zero-order valence-corrected chi connectivity index (χ0v) is 12.5. The van der Waals surface area contributed by atoms with E-state index in [1.807, 2.05) is 20.8 Å². The number of nitrogens with zero attached hydrogens (tertiary/aromatic N) is 2. The smallest absolute Gasteiger partial charge is 0.242 e. The molecule has 0 amide bonds. The summed E-state index contributed by atoms with van der Waals surface area (Å²) in [5.74, 6) is 1.53. The molecule has 19 heavy (non-hydrogen) atoms. The molecule has 4 nitrogen and oxygen atoms in total. The van der Waals surface area contributed by atoms with E-state index in [0.717, 1.165) is 11.1 Å². The van der Waals surface area contributed by atoms with E-state index >= 15 is 0 Å². The molecule has 1 aromatic heterocycles. The molecule has 1 aromatic carbocycles. The number of hydrogen-bond acceptors (Lipinski definition) is 4. The van der Waals surface area contributed by atoms with Crippen molar-refractivity contribution in [2.45, 2.75) is 38.7 Å². The molecule has 2 atom stereocenters. The van der Waals surface area contributed by atoms with Gasteiger partial charge in [0.2, 0.25) is 5.89 Å². The van der Waals surface area contributed by atoms with Crippen LogP contribution >= 0.6 is 0 Å². The van der Waals surface area contributed by atoms with E-state index in [1.165, 1.54) is 5.56 Å². The van der Waals surface area contributed by atoms with Gasteiger partial charge in [-0.3, -0.25) is 4.21 Å². The number of hydrogen-bond donors (Lipinski definition) is 0. The Labute approximate surface area is 115 Å². The fourth-order valence-corrected chi connectivity index (χ4v) is 3.01. The van der Waals surface area contributed by atoms with E-state index < -0.39 is 10.8 Å². The first-order valence-corrected chi connectivity index (χ1v) is 7.59.